The highest BCUT2D eigenvalue weighted by Gasteiger charge is 2.46. The largest absolute Gasteiger partial charge is 0.436 e. The second kappa shape index (κ2) is 6.38. The third-order valence-corrected chi connectivity index (χ3v) is 10.1. The van der Waals surface area contributed by atoms with Crippen LogP contribution in [0.3, 0.4) is 0 Å². The summed E-state index contributed by atoms with van der Waals surface area (Å²) >= 11 is 2.85. The second-order valence-electron chi connectivity index (χ2n) is 7.88. The van der Waals surface area contributed by atoms with Crippen LogP contribution in [0.15, 0.2) is 4.60 Å². The third kappa shape index (κ3) is 3.95. The summed E-state index contributed by atoms with van der Waals surface area (Å²) in [5.74, 6) is 0.0237. The van der Waals surface area contributed by atoms with Crippen LogP contribution >= 0.6 is 15.9 Å². The molecule has 2 heterocycles. The molecule has 0 spiro atoms. The molecule has 2 N–H and O–H groups in total. The van der Waals surface area contributed by atoms with Gasteiger partial charge in [-0.1, -0.05) is 20.8 Å². The number of rotatable bonds is 3. The van der Waals surface area contributed by atoms with E-state index in [1.165, 1.54) is 0 Å². The average Bonchev–Trinajstić information content (AvgIpc) is 2.42. The SMILES string of the molecule is C[C@H]1[C@H](O[Si](C)(C)C(C)(C)C)CN1c1nc(Br)c(C(F)(F)F)nc1N. The van der Waals surface area contributed by atoms with Crippen molar-refractivity contribution in [3.8, 4) is 0 Å². The van der Waals surface area contributed by atoms with Crippen LogP contribution in [0, 0.1) is 0 Å². The Kier molecular flexibility index (Phi) is 5.22. The molecule has 5 nitrogen and oxygen atoms in total. The van der Waals surface area contributed by atoms with E-state index in [1.807, 2.05) is 11.8 Å². The molecule has 2 atom stereocenters. The zero-order valence-electron chi connectivity index (χ0n) is 15.2. The van der Waals surface area contributed by atoms with Gasteiger partial charge in [0.25, 0.3) is 0 Å². The van der Waals surface area contributed by atoms with E-state index in [-0.39, 0.29) is 33.4 Å². The van der Waals surface area contributed by atoms with Gasteiger partial charge < -0.3 is 15.1 Å². The lowest BCUT2D eigenvalue weighted by Crippen LogP contribution is -2.64. The molecule has 0 unspecified atom stereocenters. The molecule has 1 aliphatic heterocycles. The number of aromatic nitrogens is 2. The van der Waals surface area contributed by atoms with Crippen LogP contribution in [-0.2, 0) is 10.6 Å². The number of nitrogens with two attached hydrogens (primary N) is 1. The highest BCUT2D eigenvalue weighted by Crippen LogP contribution is 2.41. The van der Waals surface area contributed by atoms with E-state index >= 15 is 0 Å². The first-order chi connectivity index (χ1) is 11.1. The van der Waals surface area contributed by atoms with Crippen molar-refractivity contribution in [3.63, 3.8) is 0 Å². The van der Waals surface area contributed by atoms with Crippen molar-refractivity contribution in [1.82, 2.24) is 9.97 Å². The summed E-state index contributed by atoms with van der Waals surface area (Å²) in [6.07, 6.45) is -4.60. The Morgan fingerprint density at radius 1 is 1.24 bits per heavy atom. The molecule has 1 aromatic rings. The van der Waals surface area contributed by atoms with Gasteiger partial charge in [-0.25, -0.2) is 9.97 Å². The van der Waals surface area contributed by atoms with Gasteiger partial charge in [-0.2, -0.15) is 13.2 Å². The highest BCUT2D eigenvalue weighted by molar-refractivity contribution is 9.10. The van der Waals surface area contributed by atoms with Crippen LogP contribution in [0.1, 0.15) is 33.4 Å². The Morgan fingerprint density at radius 3 is 2.24 bits per heavy atom. The van der Waals surface area contributed by atoms with Crippen LogP contribution in [0.25, 0.3) is 0 Å². The molecule has 0 bridgehead atoms. The highest BCUT2D eigenvalue weighted by atomic mass is 79.9. The lowest BCUT2D eigenvalue weighted by Gasteiger charge is -2.51. The molecule has 0 amide bonds. The van der Waals surface area contributed by atoms with Gasteiger partial charge in [0.15, 0.2) is 25.6 Å². The minimum Gasteiger partial charge on any atom is -0.410 e. The van der Waals surface area contributed by atoms with Crippen molar-refractivity contribution in [2.45, 2.75) is 64.1 Å². The Bertz CT molecular complexity index is 663. The molecule has 2 rings (SSSR count). The topological polar surface area (TPSA) is 64.3 Å². The number of nitrogens with zero attached hydrogens (tertiary/aromatic N) is 3. The quantitative estimate of drug-likeness (QED) is 0.703. The summed E-state index contributed by atoms with van der Waals surface area (Å²) in [5, 5.41) is 0.0867. The molecule has 0 radical (unpaired) electrons. The Labute approximate surface area is 155 Å². The fraction of sp³-hybridized carbons (Fsp3) is 0.733. The van der Waals surface area contributed by atoms with Gasteiger partial charge in [0, 0.05) is 6.54 Å². The molecule has 0 saturated carbocycles. The third-order valence-electron chi connectivity index (χ3n) is 5.06. The molecule has 0 aliphatic carbocycles. The average molecular weight is 441 g/mol. The number of alkyl halides is 3. The number of nitrogen functional groups attached to an aromatic ring is 1. The van der Waals surface area contributed by atoms with Crippen molar-refractivity contribution >= 4 is 35.9 Å². The number of halogens is 4. The summed E-state index contributed by atoms with van der Waals surface area (Å²) in [4.78, 5) is 9.30. The van der Waals surface area contributed by atoms with Crippen molar-refractivity contribution in [3.05, 3.63) is 10.3 Å². The van der Waals surface area contributed by atoms with E-state index in [2.05, 4.69) is 59.8 Å². The molecule has 1 aromatic heterocycles. The van der Waals surface area contributed by atoms with E-state index < -0.39 is 20.2 Å². The van der Waals surface area contributed by atoms with Gasteiger partial charge >= 0.3 is 6.18 Å². The summed E-state index contributed by atoms with van der Waals surface area (Å²) in [5.41, 5.74) is 4.62. The monoisotopic (exact) mass is 440 g/mol. The smallest absolute Gasteiger partial charge is 0.410 e. The minimum absolute atomic E-state index is 0.00293. The number of hydrogen-bond donors (Lipinski definition) is 1. The Hall–Kier alpha value is -0.873. The maximum Gasteiger partial charge on any atom is 0.436 e. The number of anilines is 2. The van der Waals surface area contributed by atoms with E-state index in [0.717, 1.165) is 0 Å². The zero-order valence-corrected chi connectivity index (χ0v) is 17.8. The molecular formula is C15H24BrF3N4OSi. The van der Waals surface area contributed by atoms with Crippen LogP contribution in [-0.4, -0.2) is 37.0 Å². The predicted octanol–water partition coefficient (Wildman–Crippen LogP) is 4.44. The van der Waals surface area contributed by atoms with E-state index in [0.29, 0.717) is 6.54 Å². The van der Waals surface area contributed by atoms with Gasteiger partial charge in [0.05, 0.1) is 12.1 Å². The molecule has 1 fully saturated rings. The lowest BCUT2D eigenvalue weighted by atomic mass is 10.0. The van der Waals surface area contributed by atoms with Crippen molar-refractivity contribution in [2.75, 3.05) is 17.2 Å². The second-order valence-corrected chi connectivity index (χ2v) is 13.4. The standard InChI is InChI=1S/C15H24BrF3N4OSi/c1-8-9(24-25(5,6)14(2,3)4)7-23(8)13-12(20)21-10(11(16)22-13)15(17,18)19/h8-9H,7H2,1-6H3,(H2,20,21)/t8-,9+/m0/s1. The predicted molar refractivity (Wildman–Crippen MR) is 98.0 cm³/mol. The molecular weight excluding hydrogens is 417 g/mol. The van der Waals surface area contributed by atoms with Gasteiger partial charge in [-0.15, -0.1) is 0 Å². The summed E-state index contributed by atoms with van der Waals surface area (Å²) in [6, 6.07) is -0.0330. The van der Waals surface area contributed by atoms with Crippen LogP contribution in [0.5, 0.6) is 0 Å². The normalized spacial score (nSPS) is 22.1. The van der Waals surface area contributed by atoms with Crippen LogP contribution < -0.4 is 10.6 Å². The summed E-state index contributed by atoms with van der Waals surface area (Å²) in [6.45, 7) is 13.3. The first-order valence-electron chi connectivity index (χ1n) is 8.00. The van der Waals surface area contributed by atoms with Gasteiger partial charge in [-0.3, -0.25) is 0 Å². The van der Waals surface area contributed by atoms with Crippen molar-refractivity contribution < 1.29 is 17.6 Å². The van der Waals surface area contributed by atoms with Crippen LogP contribution in [0.4, 0.5) is 24.8 Å². The van der Waals surface area contributed by atoms with Crippen molar-refractivity contribution in [2.24, 2.45) is 0 Å². The zero-order chi connectivity index (χ0) is 19.4. The molecule has 0 aromatic carbocycles. The van der Waals surface area contributed by atoms with Crippen LogP contribution in [0.2, 0.25) is 18.1 Å². The lowest BCUT2D eigenvalue weighted by molar-refractivity contribution is -0.142. The van der Waals surface area contributed by atoms with Gasteiger partial charge in [0.2, 0.25) is 0 Å². The van der Waals surface area contributed by atoms with Gasteiger partial charge in [0.1, 0.15) is 4.60 Å². The Morgan fingerprint density at radius 2 is 1.80 bits per heavy atom. The maximum absolute atomic E-state index is 12.9. The Balaban J connectivity index is 2.17. The van der Waals surface area contributed by atoms with Gasteiger partial charge in [-0.05, 0) is 41.0 Å². The first kappa shape index (κ1) is 20.4. The first-order valence-corrected chi connectivity index (χ1v) is 11.7. The van der Waals surface area contributed by atoms with E-state index in [9.17, 15) is 13.2 Å². The maximum atomic E-state index is 12.9. The molecule has 25 heavy (non-hydrogen) atoms. The minimum atomic E-state index is -4.60. The fourth-order valence-corrected chi connectivity index (χ4v) is 4.22. The van der Waals surface area contributed by atoms with Crippen molar-refractivity contribution in [1.29, 1.82) is 0 Å². The fourth-order valence-electron chi connectivity index (χ4n) is 2.36. The molecule has 142 valence electrons. The number of hydrogen-bond acceptors (Lipinski definition) is 5. The summed E-state index contributed by atoms with van der Waals surface area (Å²) in [7, 11) is -1.92. The summed E-state index contributed by atoms with van der Waals surface area (Å²) < 4.78 is 44.6. The molecule has 10 heteroatoms. The molecule has 1 aliphatic rings. The molecule has 1 saturated heterocycles. The van der Waals surface area contributed by atoms with E-state index in [1.54, 1.807) is 0 Å². The van der Waals surface area contributed by atoms with E-state index in [4.69, 9.17) is 10.2 Å².